The van der Waals surface area contributed by atoms with Crippen LogP contribution in [0.2, 0.25) is 0 Å². The van der Waals surface area contributed by atoms with Gasteiger partial charge in [-0.1, -0.05) is 12.8 Å². The summed E-state index contributed by atoms with van der Waals surface area (Å²) in [6, 6.07) is 1.32. The Morgan fingerprint density at radius 2 is 2.08 bits per heavy atom. The second kappa shape index (κ2) is 7.83. The molecule has 0 saturated heterocycles. The van der Waals surface area contributed by atoms with Crippen LogP contribution in [-0.4, -0.2) is 36.3 Å². The lowest BCUT2D eigenvalue weighted by molar-refractivity contribution is -0.193. The summed E-state index contributed by atoms with van der Waals surface area (Å²) in [7, 11) is 0. The Morgan fingerprint density at radius 1 is 1.38 bits per heavy atom. The van der Waals surface area contributed by atoms with Crippen molar-refractivity contribution in [1.29, 1.82) is 0 Å². The number of aromatic amines is 1. The van der Waals surface area contributed by atoms with Gasteiger partial charge in [0.25, 0.3) is 5.91 Å². The summed E-state index contributed by atoms with van der Waals surface area (Å²) in [6.07, 6.45) is -0.625. The molecule has 0 spiro atoms. The fourth-order valence-corrected chi connectivity index (χ4v) is 2.90. The highest BCUT2D eigenvalue weighted by atomic mass is 19.4. The van der Waals surface area contributed by atoms with Gasteiger partial charge in [-0.15, -0.1) is 0 Å². The highest BCUT2D eigenvalue weighted by Crippen LogP contribution is 2.28. The van der Waals surface area contributed by atoms with Crippen LogP contribution in [0.5, 0.6) is 0 Å². The topological polar surface area (TPSA) is 71.2 Å². The molecule has 1 aliphatic rings. The zero-order chi connectivity index (χ0) is 17.7. The van der Waals surface area contributed by atoms with Gasteiger partial charge in [-0.2, -0.15) is 13.2 Å². The van der Waals surface area contributed by atoms with E-state index in [1.165, 1.54) is 12.3 Å². The van der Waals surface area contributed by atoms with E-state index in [9.17, 15) is 22.8 Å². The first-order chi connectivity index (χ1) is 11.3. The first kappa shape index (κ1) is 18.5. The molecule has 2 atom stereocenters. The van der Waals surface area contributed by atoms with Crippen LogP contribution in [0.15, 0.2) is 17.1 Å². The van der Waals surface area contributed by atoms with Gasteiger partial charge in [0.2, 0.25) is 0 Å². The van der Waals surface area contributed by atoms with E-state index in [2.05, 4.69) is 10.3 Å². The van der Waals surface area contributed by atoms with E-state index in [0.717, 1.165) is 12.8 Å². The molecule has 1 heterocycles. The molecule has 2 N–H and O–H groups in total. The highest BCUT2D eigenvalue weighted by Gasteiger charge is 2.33. The zero-order valence-electron chi connectivity index (χ0n) is 13.4. The van der Waals surface area contributed by atoms with Crippen molar-refractivity contribution >= 4 is 5.91 Å². The van der Waals surface area contributed by atoms with E-state index in [1.54, 1.807) is 6.92 Å². The summed E-state index contributed by atoms with van der Waals surface area (Å²) >= 11 is 0. The molecule has 1 aliphatic carbocycles. The lowest BCUT2D eigenvalue weighted by atomic mass is 9.86. The predicted octanol–water partition coefficient (Wildman–Crippen LogP) is 2.55. The zero-order valence-corrected chi connectivity index (χ0v) is 13.4. The molecule has 1 amide bonds. The number of aryl methyl sites for hydroxylation is 1. The van der Waals surface area contributed by atoms with Crippen molar-refractivity contribution in [2.24, 2.45) is 5.92 Å². The first-order valence-electron chi connectivity index (χ1n) is 7.92. The predicted molar refractivity (Wildman–Crippen MR) is 81.9 cm³/mol. The van der Waals surface area contributed by atoms with E-state index in [4.69, 9.17) is 4.74 Å². The number of H-pyrrole nitrogens is 1. The number of carbonyl (C=O) groups excluding carboxylic acids is 1. The van der Waals surface area contributed by atoms with E-state index >= 15 is 0 Å². The van der Waals surface area contributed by atoms with Crippen molar-refractivity contribution in [3.63, 3.8) is 0 Å². The van der Waals surface area contributed by atoms with E-state index in [0.29, 0.717) is 18.5 Å². The van der Waals surface area contributed by atoms with Gasteiger partial charge in [-0.3, -0.25) is 9.59 Å². The van der Waals surface area contributed by atoms with Crippen molar-refractivity contribution in [2.75, 3.05) is 13.2 Å². The molecule has 24 heavy (non-hydrogen) atoms. The second-order valence-corrected chi connectivity index (χ2v) is 6.11. The van der Waals surface area contributed by atoms with Crippen LogP contribution < -0.4 is 10.7 Å². The molecular weight excluding hydrogens is 325 g/mol. The quantitative estimate of drug-likeness (QED) is 0.861. The molecule has 1 fully saturated rings. The van der Waals surface area contributed by atoms with Gasteiger partial charge in [0.15, 0.2) is 5.43 Å². The average molecular weight is 346 g/mol. The van der Waals surface area contributed by atoms with Crippen LogP contribution in [0.3, 0.4) is 0 Å². The van der Waals surface area contributed by atoms with Crippen molar-refractivity contribution in [1.82, 2.24) is 10.3 Å². The van der Waals surface area contributed by atoms with Gasteiger partial charge < -0.3 is 15.0 Å². The molecule has 0 bridgehead atoms. The fourth-order valence-electron chi connectivity index (χ4n) is 2.90. The molecule has 8 heteroatoms. The van der Waals surface area contributed by atoms with Crippen LogP contribution in [0.25, 0.3) is 0 Å². The monoisotopic (exact) mass is 346 g/mol. The number of hydrogen-bond acceptors (Lipinski definition) is 3. The number of carbonyl (C=O) groups is 1. The van der Waals surface area contributed by atoms with Crippen LogP contribution in [0.1, 0.15) is 41.7 Å². The minimum atomic E-state index is -4.36. The molecule has 134 valence electrons. The summed E-state index contributed by atoms with van der Waals surface area (Å²) in [5, 5.41) is 2.64. The number of rotatable bonds is 5. The summed E-state index contributed by atoms with van der Waals surface area (Å²) < 4.78 is 41.9. The number of aromatic nitrogens is 1. The number of alkyl halides is 3. The maximum Gasteiger partial charge on any atom is 0.411 e. The largest absolute Gasteiger partial charge is 0.411 e. The molecular formula is C16H21F3N2O3. The number of ether oxygens (including phenoxy) is 1. The molecule has 1 aromatic rings. The van der Waals surface area contributed by atoms with Crippen molar-refractivity contribution in [3.05, 3.63) is 33.7 Å². The fraction of sp³-hybridized carbons (Fsp3) is 0.625. The Labute approximate surface area is 137 Å². The normalized spacial score (nSPS) is 21.5. The molecule has 1 saturated carbocycles. The Morgan fingerprint density at radius 3 is 2.75 bits per heavy atom. The summed E-state index contributed by atoms with van der Waals surface area (Å²) in [6.45, 7) is 0.613. The lowest BCUT2D eigenvalue weighted by Crippen LogP contribution is -2.40. The SMILES string of the molecule is Cc1cc(=O)c(C(=O)NC[C@@H]2CCCC[C@H]2OCC(F)(F)F)c[nH]1. The molecule has 0 aliphatic heterocycles. The van der Waals surface area contributed by atoms with Gasteiger partial charge in [-0.05, 0) is 19.8 Å². The minimum Gasteiger partial charge on any atom is -0.368 e. The Kier molecular flexibility index (Phi) is 6.04. The number of hydrogen-bond donors (Lipinski definition) is 2. The molecule has 0 aromatic carbocycles. The third-order valence-electron chi connectivity index (χ3n) is 4.13. The molecule has 5 nitrogen and oxygen atoms in total. The van der Waals surface area contributed by atoms with Crippen LogP contribution in [0.4, 0.5) is 13.2 Å². The summed E-state index contributed by atoms with van der Waals surface area (Å²) in [5.74, 6) is -0.717. The van der Waals surface area contributed by atoms with Gasteiger partial charge >= 0.3 is 6.18 Å². The summed E-state index contributed by atoms with van der Waals surface area (Å²) in [5.41, 5.74) is 0.242. The van der Waals surface area contributed by atoms with Crippen molar-refractivity contribution < 1.29 is 22.7 Å². The maximum atomic E-state index is 12.3. The average Bonchev–Trinajstić information content (AvgIpc) is 2.50. The van der Waals surface area contributed by atoms with Crippen molar-refractivity contribution in [3.8, 4) is 0 Å². The second-order valence-electron chi connectivity index (χ2n) is 6.11. The lowest BCUT2D eigenvalue weighted by Gasteiger charge is -2.31. The van der Waals surface area contributed by atoms with E-state index < -0.39 is 30.2 Å². The molecule has 0 unspecified atom stereocenters. The van der Waals surface area contributed by atoms with Gasteiger partial charge in [-0.25, -0.2) is 0 Å². The third-order valence-corrected chi connectivity index (χ3v) is 4.13. The Balaban J connectivity index is 1.92. The van der Waals surface area contributed by atoms with Gasteiger partial charge in [0.1, 0.15) is 12.2 Å². The molecule has 1 aromatic heterocycles. The highest BCUT2D eigenvalue weighted by molar-refractivity contribution is 5.93. The summed E-state index contributed by atoms with van der Waals surface area (Å²) in [4.78, 5) is 26.7. The van der Waals surface area contributed by atoms with Crippen LogP contribution >= 0.6 is 0 Å². The standard InChI is InChI=1S/C16H21F3N2O3/c1-10-6-13(22)12(8-20-10)15(23)21-7-11-4-2-3-5-14(11)24-9-16(17,18)19/h6,8,11,14H,2-5,7,9H2,1H3,(H,20,22)(H,21,23)/t11-,14+/m0/s1. The Bertz CT molecular complexity index is 628. The molecule has 0 radical (unpaired) electrons. The van der Waals surface area contributed by atoms with E-state index in [1.807, 2.05) is 0 Å². The van der Waals surface area contributed by atoms with Gasteiger partial charge in [0.05, 0.1) is 6.10 Å². The van der Waals surface area contributed by atoms with Gasteiger partial charge in [0, 0.05) is 30.4 Å². The van der Waals surface area contributed by atoms with E-state index in [-0.39, 0.29) is 18.0 Å². The van der Waals surface area contributed by atoms with Crippen LogP contribution in [-0.2, 0) is 4.74 Å². The minimum absolute atomic E-state index is 0.0100. The van der Waals surface area contributed by atoms with Crippen LogP contribution in [0, 0.1) is 12.8 Å². The first-order valence-corrected chi connectivity index (χ1v) is 7.92. The smallest absolute Gasteiger partial charge is 0.368 e. The maximum absolute atomic E-state index is 12.3. The molecule has 2 rings (SSSR count). The number of pyridine rings is 1. The Hall–Kier alpha value is -1.83. The number of amides is 1. The number of halogens is 3. The number of nitrogens with one attached hydrogen (secondary N) is 2. The van der Waals surface area contributed by atoms with Crippen molar-refractivity contribution in [2.45, 2.75) is 44.9 Å². The third kappa shape index (κ3) is 5.36.